The van der Waals surface area contributed by atoms with Crippen LogP contribution in [0.1, 0.15) is 63.7 Å². The molecule has 28 heavy (non-hydrogen) atoms. The third-order valence-electron chi connectivity index (χ3n) is 6.39. The molecule has 2 aromatic rings. The highest BCUT2D eigenvalue weighted by Gasteiger charge is 2.39. The molecule has 0 saturated heterocycles. The fraction of sp³-hybridized carbons (Fsp3) is 0.417. The zero-order valence-corrected chi connectivity index (χ0v) is 17.4. The number of aromatic hydroxyl groups is 1. The number of ether oxygens (including phenoxy) is 1. The Morgan fingerprint density at radius 3 is 2.61 bits per heavy atom. The number of nitrogens with one attached hydrogen (secondary N) is 1. The average Bonchev–Trinajstić information content (AvgIpc) is 3.16. The lowest BCUT2D eigenvalue weighted by molar-refractivity contribution is 0.134. The molecule has 4 heteroatoms. The van der Waals surface area contributed by atoms with Crippen LogP contribution < -0.4 is 10.1 Å². The Labute approximate surface area is 171 Å². The summed E-state index contributed by atoms with van der Waals surface area (Å²) in [5, 5.41) is 14.3. The molecule has 2 heterocycles. The van der Waals surface area contributed by atoms with Crippen LogP contribution >= 0.6 is 11.6 Å². The predicted octanol–water partition coefficient (Wildman–Crippen LogP) is 6.94. The van der Waals surface area contributed by atoms with Gasteiger partial charge >= 0.3 is 0 Å². The molecular formula is C24H26ClNO2. The van der Waals surface area contributed by atoms with Crippen molar-refractivity contribution >= 4 is 22.9 Å². The maximum atomic E-state index is 10.2. The van der Waals surface area contributed by atoms with Gasteiger partial charge in [-0.05, 0) is 62.9 Å². The standard InChI is InChI=1S/C24H26ClNO2/c1-13-12-24(2,3)26-16-9-8-15-20-18(11-10-17(27)22(20)25)28-23(21(15)19(13)16)14-6-4-5-7-14/h8-12,14,23,26-27H,4-7H2,1-3H3. The Bertz CT molecular complexity index is 1000. The smallest absolute Gasteiger partial charge is 0.135 e. The first-order valence-corrected chi connectivity index (χ1v) is 10.6. The van der Waals surface area contributed by atoms with Crippen LogP contribution in [0, 0.1) is 5.92 Å². The van der Waals surface area contributed by atoms with E-state index in [1.54, 1.807) is 6.07 Å². The molecule has 1 fully saturated rings. The number of allylic oxidation sites excluding steroid dienone is 1. The fourth-order valence-corrected chi connectivity index (χ4v) is 5.60. The maximum absolute atomic E-state index is 10.2. The molecule has 146 valence electrons. The average molecular weight is 396 g/mol. The summed E-state index contributed by atoms with van der Waals surface area (Å²) in [5.74, 6) is 1.38. The van der Waals surface area contributed by atoms with E-state index in [4.69, 9.17) is 16.3 Å². The van der Waals surface area contributed by atoms with Crippen molar-refractivity contribution in [3.8, 4) is 22.6 Å². The molecule has 2 aromatic carbocycles. The van der Waals surface area contributed by atoms with Crippen molar-refractivity contribution in [1.29, 1.82) is 0 Å². The molecule has 1 saturated carbocycles. The molecule has 0 spiro atoms. The van der Waals surface area contributed by atoms with Gasteiger partial charge in [0, 0.05) is 28.3 Å². The van der Waals surface area contributed by atoms with E-state index in [2.05, 4.69) is 44.3 Å². The quantitative estimate of drug-likeness (QED) is 0.549. The van der Waals surface area contributed by atoms with Crippen molar-refractivity contribution < 1.29 is 9.84 Å². The summed E-state index contributed by atoms with van der Waals surface area (Å²) in [5.41, 5.74) is 6.69. The molecule has 2 N–H and O–H groups in total. The minimum atomic E-state index is -0.0858. The Morgan fingerprint density at radius 2 is 1.86 bits per heavy atom. The van der Waals surface area contributed by atoms with Crippen molar-refractivity contribution in [2.75, 3.05) is 5.32 Å². The number of fused-ring (bicyclic) bond motifs is 5. The molecule has 3 nitrogen and oxygen atoms in total. The number of phenolic OH excluding ortho intramolecular Hbond substituents is 1. The van der Waals surface area contributed by atoms with E-state index < -0.39 is 0 Å². The van der Waals surface area contributed by atoms with Gasteiger partial charge in [-0.25, -0.2) is 0 Å². The van der Waals surface area contributed by atoms with Crippen molar-refractivity contribution in [3.63, 3.8) is 0 Å². The number of halogens is 1. The molecule has 1 unspecified atom stereocenters. The fourth-order valence-electron chi connectivity index (χ4n) is 5.34. The topological polar surface area (TPSA) is 41.5 Å². The molecule has 5 rings (SSSR count). The third-order valence-corrected chi connectivity index (χ3v) is 6.78. The van der Waals surface area contributed by atoms with Gasteiger partial charge in [0.2, 0.25) is 0 Å². The van der Waals surface area contributed by atoms with Gasteiger partial charge in [-0.1, -0.05) is 36.6 Å². The number of phenols is 1. The van der Waals surface area contributed by atoms with Crippen molar-refractivity contribution in [1.82, 2.24) is 0 Å². The number of hydrogen-bond acceptors (Lipinski definition) is 3. The number of anilines is 1. The zero-order valence-electron chi connectivity index (χ0n) is 16.6. The van der Waals surface area contributed by atoms with Gasteiger partial charge in [-0.15, -0.1) is 0 Å². The van der Waals surface area contributed by atoms with Crippen molar-refractivity contribution in [2.45, 2.75) is 58.1 Å². The molecule has 0 amide bonds. The summed E-state index contributed by atoms with van der Waals surface area (Å²) < 4.78 is 6.59. The molecule has 3 aliphatic rings. The number of hydrogen-bond donors (Lipinski definition) is 2. The zero-order chi connectivity index (χ0) is 19.6. The Hall–Kier alpha value is -2.13. The van der Waals surface area contributed by atoms with Crippen LogP contribution in [0.3, 0.4) is 0 Å². The highest BCUT2D eigenvalue weighted by Crippen LogP contribution is 2.55. The highest BCUT2D eigenvalue weighted by atomic mass is 35.5. The van der Waals surface area contributed by atoms with E-state index in [-0.39, 0.29) is 17.4 Å². The second-order valence-electron chi connectivity index (χ2n) is 8.98. The van der Waals surface area contributed by atoms with E-state index in [9.17, 15) is 5.11 Å². The van der Waals surface area contributed by atoms with E-state index in [0.29, 0.717) is 10.9 Å². The van der Waals surface area contributed by atoms with Crippen LogP contribution in [-0.2, 0) is 0 Å². The largest absolute Gasteiger partial charge is 0.506 e. The molecule has 0 radical (unpaired) electrons. The molecule has 0 bridgehead atoms. The first kappa shape index (κ1) is 17.9. The molecular weight excluding hydrogens is 370 g/mol. The molecule has 2 aliphatic heterocycles. The normalized spacial score (nSPS) is 22.4. The highest BCUT2D eigenvalue weighted by molar-refractivity contribution is 6.35. The minimum Gasteiger partial charge on any atom is -0.506 e. The summed E-state index contributed by atoms with van der Waals surface area (Å²) in [6, 6.07) is 7.77. The van der Waals surface area contributed by atoms with Gasteiger partial charge in [0.1, 0.15) is 17.6 Å². The Balaban J connectivity index is 1.80. The van der Waals surface area contributed by atoms with E-state index in [1.165, 1.54) is 42.4 Å². The maximum Gasteiger partial charge on any atom is 0.135 e. The van der Waals surface area contributed by atoms with Crippen LogP contribution in [0.5, 0.6) is 11.5 Å². The summed E-state index contributed by atoms with van der Waals surface area (Å²) in [4.78, 5) is 0. The monoisotopic (exact) mass is 395 g/mol. The molecule has 1 atom stereocenters. The lowest BCUT2D eigenvalue weighted by Gasteiger charge is -2.39. The minimum absolute atomic E-state index is 0.0203. The van der Waals surface area contributed by atoms with Crippen LogP contribution in [0.15, 0.2) is 30.3 Å². The second kappa shape index (κ2) is 6.18. The van der Waals surface area contributed by atoms with Gasteiger partial charge < -0.3 is 15.2 Å². The van der Waals surface area contributed by atoms with Crippen LogP contribution in [0.2, 0.25) is 5.02 Å². The Morgan fingerprint density at radius 1 is 1.11 bits per heavy atom. The summed E-state index contributed by atoms with van der Waals surface area (Å²) in [6.07, 6.45) is 7.22. The van der Waals surface area contributed by atoms with Crippen LogP contribution in [0.25, 0.3) is 16.7 Å². The van der Waals surface area contributed by atoms with Gasteiger partial charge in [-0.3, -0.25) is 0 Å². The van der Waals surface area contributed by atoms with E-state index >= 15 is 0 Å². The number of benzene rings is 2. The van der Waals surface area contributed by atoms with Crippen LogP contribution in [-0.4, -0.2) is 10.6 Å². The van der Waals surface area contributed by atoms with Gasteiger partial charge in [0.05, 0.1) is 10.6 Å². The number of rotatable bonds is 1. The lowest BCUT2D eigenvalue weighted by atomic mass is 9.78. The first-order chi connectivity index (χ1) is 13.4. The van der Waals surface area contributed by atoms with Crippen molar-refractivity contribution in [2.24, 2.45) is 5.92 Å². The van der Waals surface area contributed by atoms with E-state index in [0.717, 1.165) is 22.6 Å². The summed E-state index contributed by atoms with van der Waals surface area (Å²) in [6.45, 7) is 6.56. The molecule has 1 aliphatic carbocycles. The second-order valence-corrected chi connectivity index (χ2v) is 9.36. The van der Waals surface area contributed by atoms with Gasteiger partial charge in [0.15, 0.2) is 0 Å². The lowest BCUT2D eigenvalue weighted by Crippen LogP contribution is -2.33. The van der Waals surface area contributed by atoms with Crippen LogP contribution in [0.4, 0.5) is 5.69 Å². The third kappa shape index (κ3) is 2.63. The van der Waals surface area contributed by atoms with E-state index in [1.807, 2.05) is 6.07 Å². The van der Waals surface area contributed by atoms with Gasteiger partial charge in [0.25, 0.3) is 0 Å². The summed E-state index contributed by atoms with van der Waals surface area (Å²) in [7, 11) is 0. The Kier molecular flexibility index (Phi) is 3.96. The van der Waals surface area contributed by atoms with Gasteiger partial charge in [-0.2, -0.15) is 0 Å². The first-order valence-electron chi connectivity index (χ1n) is 10.2. The SMILES string of the molecule is CC1=CC(C)(C)Nc2ccc3c(c21)C(C1CCCC1)Oc1ccc(O)c(Cl)c1-3. The predicted molar refractivity (Wildman–Crippen MR) is 115 cm³/mol. The van der Waals surface area contributed by atoms with Crippen molar-refractivity contribution in [3.05, 3.63) is 46.5 Å². The summed E-state index contributed by atoms with van der Waals surface area (Å²) >= 11 is 6.55. The molecule has 0 aromatic heterocycles.